The van der Waals surface area contributed by atoms with E-state index in [9.17, 15) is 33.6 Å². The van der Waals surface area contributed by atoms with Gasteiger partial charge in [-0.2, -0.15) is 0 Å². The van der Waals surface area contributed by atoms with Crippen molar-refractivity contribution in [1.29, 1.82) is 0 Å². The summed E-state index contributed by atoms with van der Waals surface area (Å²) >= 11 is 0. The molecule has 1 spiro atoms. The Hall–Kier alpha value is -5.27. The Morgan fingerprint density at radius 3 is 1.31 bits per heavy atom. The normalized spacial score (nSPS) is 25.4. The summed E-state index contributed by atoms with van der Waals surface area (Å²) in [5.41, 5.74) is 1.64. The van der Waals surface area contributed by atoms with E-state index in [1.165, 1.54) is 18.2 Å². The Bertz CT molecular complexity index is 1250. The second-order valence-corrected chi connectivity index (χ2v) is 7.11. The Balaban J connectivity index is 2.20. The van der Waals surface area contributed by atoms with Crippen LogP contribution in [0.3, 0.4) is 0 Å². The molecule has 14 nitrogen and oxygen atoms in total. The monoisotopic (exact) mass is 499 g/mol. The summed E-state index contributed by atoms with van der Waals surface area (Å²) in [4.78, 5) is 88.5. The van der Waals surface area contributed by atoms with Gasteiger partial charge >= 0.3 is 59.1 Å². The van der Waals surface area contributed by atoms with Gasteiger partial charge < -0.3 is 34.2 Å². The second-order valence-electron chi connectivity index (χ2n) is 7.11. The van der Waals surface area contributed by atoms with Crippen molar-refractivity contribution in [2.75, 3.05) is 0 Å². The highest BCUT2D eigenvalue weighted by molar-refractivity contribution is 6.00. The van der Waals surface area contributed by atoms with E-state index in [0.717, 1.165) is 12.1 Å². The van der Waals surface area contributed by atoms with E-state index in [-0.39, 0.29) is 0 Å². The highest BCUT2D eigenvalue weighted by Crippen LogP contribution is 2.53. The van der Waals surface area contributed by atoms with Gasteiger partial charge in [0.25, 0.3) is 0 Å². The first-order valence-corrected chi connectivity index (χ1v) is 9.81. The van der Waals surface area contributed by atoms with E-state index in [2.05, 4.69) is 0 Å². The Labute approximate surface area is 199 Å². The number of carbonyl (C=O) groups is 7. The summed E-state index contributed by atoms with van der Waals surface area (Å²) in [6.45, 7) is 0. The first kappa shape index (κ1) is 23.9. The van der Waals surface area contributed by atoms with Gasteiger partial charge in [0.05, 0.1) is 0 Å². The highest BCUT2D eigenvalue weighted by atomic mass is 16.9. The van der Waals surface area contributed by atoms with Crippen LogP contribution in [0.4, 0.5) is 0 Å². The van der Waals surface area contributed by atoms with Crippen LogP contribution < -0.4 is 5.73 Å². The minimum Gasteiger partial charge on any atom is -0.429 e. The van der Waals surface area contributed by atoms with Crippen LogP contribution in [0.15, 0.2) is 66.8 Å². The lowest BCUT2D eigenvalue weighted by Gasteiger charge is -2.50. The molecule has 1 atom stereocenters. The van der Waals surface area contributed by atoms with Gasteiger partial charge in [0.2, 0.25) is 0 Å². The third-order valence-electron chi connectivity index (χ3n) is 4.91. The second kappa shape index (κ2) is 8.50. The third kappa shape index (κ3) is 3.66. The molecule has 0 saturated carbocycles. The molecule has 14 heteroatoms. The molecular weight excluding hydrogens is 486 g/mol. The number of rotatable bonds is 3. The lowest BCUT2D eigenvalue weighted by molar-refractivity contribution is -0.438. The van der Waals surface area contributed by atoms with Gasteiger partial charge in [-0.1, -0.05) is 30.3 Å². The zero-order chi connectivity index (χ0) is 26.1. The molecule has 0 saturated heterocycles. The molecule has 1 aromatic carbocycles. The van der Waals surface area contributed by atoms with E-state index in [4.69, 9.17) is 34.2 Å². The number of nitrogens with two attached hydrogens (primary N) is 1. The van der Waals surface area contributed by atoms with Gasteiger partial charge in [-0.15, -0.1) is 0 Å². The van der Waals surface area contributed by atoms with Crippen molar-refractivity contribution >= 4 is 41.7 Å². The predicted octanol–water partition coefficient (Wildman–Crippen LogP) is -1.31. The first-order chi connectivity index (χ1) is 17.0. The summed E-state index contributed by atoms with van der Waals surface area (Å²) in [7, 11) is 0. The molecule has 3 heterocycles. The lowest BCUT2D eigenvalue weighted by Crippen LogP contribution is -2.76. The molecule has 0 radical (unpaired) electrons. The van der Waals surface area contributed by atoms with Crippen LogP contribution in [0, 0.1) is 0 Å². The molecular formula is C22H13NO13. The number of hydrogen-bond acceptors (Lipinski definition) is 13. The predicted molar refractivity (Wildman–Crippen MR) is 107 cm³/mol. The summed E-state index contributed by atoms with van der Waals surface area (Å²) in [6.07, 6.45) is 3.24. The van der Waals surface area contributed by atoms with Crippen LogP contribution in [0.5, 0.6) is 0 Å². The molecule has 0 fully saturated rings. The Kier molecular flexibility index (Phi) is 5.64. The molecule has 3 aliphatic rings. The van der Waals surface area contributed by atoms with Crippen molar-refractivity contribution in [3.05, 3.63) is 72.4 Å². The number of ether oxygens (including phenoxy) is 6. The smallest absolute Gasteiger partial charge is 0.429 e. The van der Waals surface area contributed by atoms with Crippen molar-refractivity contribution < 1.29 is 62.0 Å². The summed E-state index contributed by atoms with van der Waals surface area (Å²) < 4.78 is 31.1. The average Bonchev–Trinajstić information content (AvgIpc) is 3.07. The van der Waals surface area contributed by atoms with Crippen LogP contribution in [-0.4, -0.2) is 53.5 Å². The molecule has 0 bridgehead atoms. The van der Waals surface area contributed by atoms with Gasteiger partial charge in [0.15, 0.2) is 0 Å². The highest BCUT2D eigenvalue weighted by Gasteiger charge is 2.83. The van der Waals surface area contributed by atoms with E-state index >= 15 is 0 Å². The topological polar surface area (TPSA) is 201 Å². The molecule has 36 heavy (non-hydrogen) atoms. The first-order valence-electron chi connectivity index (χ1n) is 9.81. The zero-order valence-corrected chi connectivity index (χ0v) is 17.7. The van der Waals surface area contributed by atoms with Crippen molar-refractivity contribution in [2.24, 2.45) is 5.73 Å². The van der Waals surface area contributed by atoms with E-state index < -0.39 is 64.6 Å². The van der Waals surface area contributed by atoms with Gasteiger partial charge in [-0.05, 0) is 0 Å². The third-order valence-corrected chi connectivity index (χ3v) is 4.91. The fourth-order valence-electron chi connectivity index (χ4n) is 3.59. The van der Waals surface area contributed by atoms with Gasteiger partial charge in [0.1, 0.15) is 0 Å². The molecule has 0 aromatic heterocycles. The molecule has 0 aliphatic carbocycles. The maximum atomic E-state index is 13.1. The zero-order valence-electron chi connectivity index (χ0n) is 17.7. The number of esters is 6. The van der Waals surface area contributed by atoms with Gasteiger partial charge in [0, 0.05) is 42.0 Å². The van der Waals surface area contributed by atoms with E-state index in [1.54, 1.807) is 0 Å². The number of amides is 1. The average molecular weight is 499 g/mol. The molecule has 4 rings (SSSR count). The Morgan fingerprint density at radius 1 is 0.556 bits per heavy atom. The molecule has 0 unspecified atom stereocenters. The largest absolute Gasteiger partial charge is 0.480 e. The minimum atomic E-state index is -3.60. The van der Waals surface area contributed by atoms with Crippen LogP contribution in [-0.2, 0) is 67.6 Å². The van der Waals surface area contributed by atoms with E-state index in [1.807, 2.05) is 0 Å². The van der Waals surface area contributed by atoms with Gasteiger partial charge in [-0.25, -0.2) is 28.8 Å². The fourth-order valence-corrected chi connectivity index (χ4v) is 3.59. The molecule has 3 aliphatic heterocycles. The summed E-state index contributed by atoms with van der Waals surface area (Å²) in [6, 6.07) is 6.22. The van der Waals surface area contributed by atoms with Crippen molar-refractivity contribution in [3.8, 4) is 0 Å². The summed E-state index contributed by atoms with van der Waals surface area (Å²) in [5, 5.41) is 0. The number of benzene rings is 1. The number of cyclic esters (lactones) is 3. The van der Waals surface area contributed by atoms with Gasteiger partial charge in [-0.3, -0.25) is 4.79 Å². The van der Waals surface area contributed by atoms with Crippen LogP contribution in [0.1, 0.15) is 5.56 Å². The number of hydrogen-bond donors (Lipinski definition) is 1. The van der Waals surface area contributed by atoms with Crippen LogP contribution in [0.25, 0.3) is 0 Å². The van der Waals surface area contributed by atoms with Crippen molar-refractivity contribution in [1.82, 2.24) is 0 Å². The number of primary amides is 1. The standard InChI is InChI=1S/C22H13NO13/c23-19(30)21(32-14(25)7-8-15(26)33-21)20(12-4-2-1-3-5-12)22(34-16(27)9-6-13(24)31-20)35-17(28)10-11-18(29)36-22/h1-11H,(H2,23,30)/b9-6-/t20-/m1/s1. The molecule has 2 N–H and O–H groups in total. The molecule has 184 valence electrons. The molecule has 1 aromatic rings. The fraction of sp³-hybridized carbons (Fsp3) is 0.136. The number of carbonyl (C=O) groups excluding carboxylic acids is 7. The quantitative estimate of drug-likeness (QED) is 0.380. The van der Waals surface area contributed by atoms with Crippen LogP contribution >= 0.6 is 0 Å². The van der Waals surface area contributed by atoms with Crippen LogP contribution in [0.2, 0.25) is 0 Å². The minimum absolute atomic E-state index is 0.495. The molecule has 1 amide bonds. The maximum Gasteiger partial charge on any atom is 0.480 e. The van der Waals surface area contributed by atoms with Crippen molar-refractivity contribution in [2.45, 2.75) is 17.4 Å². The SMILES string of the molecule is NC(=O)C1([C@@]2(c3ccccc3)OC(=O)/C=C\C(=O)OC23OC(=O)C=CC(=O)O3)OC(=O)C=CC(=O)O1. The summed E-state index contributed by atoms with van der Waals surface area (Å²) in [5.74, 6) is -17.6. The lowest BCUT2D eigenvalue weighted by atomic mass is 9.80. The maximum absolute atomic E-state index is 13.1. The van der Waals surface area contributed by atoms with Crippen molar-refractivity contribution in [3.63, 3.8) is 0 Å². The van der Waals surface area contributed by atoms with E-state index in [0.29, 0.717) is 36.5 Å². The Morgan fingerprint density at radius 2 is 0.917 bits per heavy atom.